The number of ether oxygens (including phenoxy) is 1. The average molecular weight is 232 g/mol. The number of benzene rings is 1. The smallest absolute Gasteiger partial charge is 0.317 e. The van der Waals surface area contributed by atoms with Crippen molar-refractivity contribution in [2.75, 3.05) is 7.11 Å². The molecule has 0 aromatic heterocycles. The number of aliphatic carboxylic acids is 1. The molecule has 0 fully saturated rings. The lowest BCUT2D eigenvalue weighted by Gasteiger charge is -1.96. The number of carboxylic acid groups (broad SMARTS) is 1. The van der Waals surface area contributed by atoms with Crippen LogP contribution in [-0.4, -0.2) is 24.2 Å². The van der Waals surface area contributed by atoms with E-state index in [1.54, 1.807) is 24.3 Å². The van der Waals surface area contributed by atoms with Crippen molar-refractivity contribution >= 4 is 11.9 Å². The van der Waals surface area contributed by atoms with Crippen LogP contribution in [0, 0.1) is 11.8 Å². The summed E-state index contributed by atoms with van der Waals surface area (Å²) in [6, 6.07) is 6.86. The van der Waals surface area contributed by atoms with Gasteiger partial charge in [-0.05, 0) is 17.7 Å². The van der Waals surface area contributed by atoms with E-state index in [2.05, 4.69) is 16.6 Å². The van der Waals surface area contributed by atoms with Gasteiger partial charge in [0.25, 0.3) is 0 Å². The summed E-state index contributed by atoms with van der Waals surface area (Å²) >= 11 is 0. The van der Waals surface area contributed by atoms with Crippen LogP contribution >= 0.6 is 0 Å². The maximum absolute atomic E-state index is 10.8. The Balaban J connectivity index is 2.62. The lowest BCUT2D eigenvalue weighted by molar-refractivity contribution is -0.139. The molecule has 0 aliphatic heterocycles. The topological polar surface area (TPSA) is 63.6 Å². The van der Waals surface area contributed by atoms with Gasteiger partial charge in [0, 0.05) is 5.56 Å². The zero-order valence-electron chi connectivity index (χ0n) is 9.40. The van der Waals surface area contributed by atoms with Gasteiger partial charge in [0.15, 0.2) is 0 Å². The van der Waals surface area contributed by atoms with Gasteiger partial charge in [-0.15, -0.1) is 0 Å². The summed E-state index contributed by atoms with van der Waals surface area (Å²) in [5, 5.41) is 8.59. The second-order valence-corrected chi connectivity index (χ2v) is 3.32. The monoisotopic (exact) mass is 232 g/mol. The van der Waals surface area contributed by atoms with Gasteiger partial charge >= 0.3 is 11.9 Å². The fourth-order valence-corrected chi connectivity index (χ4v) is 1.17. The number of rotatable bonds is 3. The van der Waals surface area contributed by atoms with Gasteiger partial charge in [0.05, 0.1) is 13.5 Å². The Labute approximate surface area is 99.2 Å². The van der Waals surface area contributed by atoms with Crippen molar-refractivity contribution in [3.63, 3.8) is 0 Å². The molecule has 0 aliphatic carbocycles. The summed E-state index contributed by atoms with van der Waals surface area (Å²) in [7, 11) is 1.31. The first kappa shape index (κ1) is 12.8. The van der Waals surface area contributed by atoms with Gasteiger partial charge < -0.3 is 9.84 Å². The molecule has 88 valence electrons. The molecule has 1 rings (SSSR count). The van der Waals surface area contributed by atoms with Crippen LogP contribution in [0.1, 0.15) is 17.5 Å². The molecule has 1 N–H and O–H groups in total. The van der Waals surface area contributed by atoms with Crippen LogP contribution in [0.4, 0.5) is 0 Å². The Morgan fingerprint density at radius 3 is 2.47 bits per heavy atom. The highest BCUT2D eigenvalue weighted by Crippen LogP contribution is 2.04. The first-order chi connectivity index (χ1) is 8.11. The van der Waals surface area contributed by atoms with Crippen LogP contribution in [-0.2, 0) is 20.7 Å². The van der Waals surface area contributed by atoms with Crippen molar-refractivity contribution in [2.24, 2.45) is 0 Å². The normalized spacial score (nSPS) is 9.00. The Bertz CT molecular complexity index is 462. The third-order valence-corrected chi connectivity index (χ3v) is 2.00. The minimum atomic E-state index is -0.866. The standard InChI is InChI=1S/C13H12O4/c1-17-13(16)4-2-3-10-5-7-11(8-6-10)9-12(14)15/h5-8H,4,9H2,1H3,(H,14,15). The average Bonchev–Trinajstić information content (AvgIpc) is 2.30. The quantitative estimate of drug-likeness (QED) is 0.628. The van der Waals surface area contributed by atoms with Crippen LogP contribution in [0.25, 0.3) is 0 Å². The molecule has 4 nitrogen and oxygen atoms in total. The highest BCUT2D eigenvalue weighted by atomic mass is 16.5. The molecule has 0 heterocycles. The predicted molar refractivity (Wildman–Crippen MR) is 61.3 cm³/mol. The molecule has 17 heavy (non-hydrogen) atoms. The molecule has 0 amide bonds. The van der Waals surface area contributed by atoms with Gasteiger partial charge in [0.1, 0.15) is 6.42 Å². The van der Waals surface area contributed by atoms with Crippen LogP contribution in [0.3, 0.4) is 0 Å². The molecule has 0 unspecified atom stereocenters. The van der Waals surface area contributed by atoms with Gasteiger partial charge in [-0.1, -0.05) is 24.0 Å². The van der Waals surface area contributed by atoms with Crippen LogP contribution in [0.5, 0.6) is 0 Å². The highest BCUT2D eigenvalue weighted by molar-refractivity contribution is 5.72. The SMILES string of the molecule is COC(=O)CC#Cc1ccc(CC(=O)O)cc1. The molecule has 0 saturated heterocycles. The minimum Gasteiger partial charge on any atom is -0.481 e. The number of hydrogen-bond donors (Lipinski definition) is 1. The Morgan fingerprint density at radius 1 is 1.29 bits per heavy atom. The van der Waals surface area contributed by atoms with Crippen molar-refractivity contribution in [1.29, 1.82) is 0 Å². The second-order valence-electron chi connectivity index (χ2n) is 3.32. The van der Waals surface area contributed by atoms with E-state index in [1.165, 1.54) is 7.11 Å². The van der Waals surface area contributed by atoms with E-state index in [-0.39, 0.29) is 18.8 Å². The number of carbonyl (C=O) groups is 2. The van der Waals surface area contributed by atoms with Crippen LogP contribution in [0.15, 0.2) is 24.3 Å². The predicted octanol–water partition coefficient (Wildman–Crippen LogP) is 1.23. The van der Waals surface area contributed by atoms with Crippen LogP contribution < -0.4 is 0 Å². The fraction of sp³-hybridized carbons (Fsp3) is 0.231. The molecular formula is C13H12O4. The van der Waals surface area contributed by atoms with E-state index in [0.29, 0.717) is 0 Å². The van der Waals surface area contributed by atoms with Crippen molar-refractivity contribution in [3.05, 3.63) is 35.4 Å². The van der Waals surface area contributed by atoms with Crippen molar-refractivity contribution in [2.45, 2.75) is 12.8 Å². The number of methoxy groups -OCH3 is 1. The second kappa shape index (κ2) is 6.33. The van der Waals surface area contributed by atoms with E-state index < -0.39 is 5.97 Å². The van der Waals surface area contributed by atoms with E-state index in [9.17, 15) is 9.59 Å². The Hall–Kier alpha value is -2.28. The van der Waals surface area contributed by atoms with Crippen molar-refractivity contribution < 1.29 is 19.4 Å². The summed E-state index contributed by atoms with van der Waals surface area (Å²) in [5.41, 5.74) is 1.46. The molecule has 0 spiro atoms. The largest absolute Gasteiger partial charge is 0.481 e. The van der Waals surface area contributed by atoms with E-state index in [1.807, 2.05) is 0 Å². The molecule has 0 radical (unpaired) electrons. The Kier molecular flexibility index (Phi) is 4.77. The maximum Gasteiger partial charge on any atom is 0.317 e. The molecule has 1 aromatic rings. The lowest BCUT2D eigenvalue weighted by Crippen LogP contribution is -1.99. The lowest BCUT2D eigenvalue weighted by atomic mass is 10.1. The van der Waals surface area contributed by atoms with Crippen molar-refractivity contribution in [1.82, 2.24) is 0 Å². The van der Waals surface area contributed by atoms with Crippen molar-refractivity contribution in [3.8, 4) is 11.8 Å². The summed E-state index contributed by atoms with van der Waals surface area (Å²) in [6.07, 6.45) is 0.0449. The third kappa shape index (κ3) is 4.85. The summed E-state index contributed by atoms with van der Waals surface area (Å²) in [4.78, 5) is 21.2. The third-order valence-electron chi connectivity index (χ3n) is 2.00. The molecule has 0 bridgehead atoms. The molecule has 4 heteroatoms. The first-order valence-electron chi connectivity index (χ1n) is 4.98. The zero-order chi connectivity index (χ0) is 12.7. The number of carboxylic acids is 1. The van der Waals surface area contributed by atoms with Gasteiger partial charge in [-0.25, -0.2) is 0 Å². The number of hydrogen-bond acceptors (Lipinski definition) is 3. The van der Waals surface area contributed by atoms with Crippen LogP contribution in [0.2, 0.25) is 0 Å². The van der Waals surface area contributed by atoms with E-state index in [0.717, 1.165) is 11.1 Å². The van der Waals surface area contributed by atoms with Gasteiger partial charge in [-0.3, -0.25) is 9.59 Å². The molecule has 1 aromatic carbocycles. The molecule has 0 saturated carbocycles. The van der Waals surface area contributed by atoms with Gasteiger partial charge in [0.2, 0.25) is 0 Å². The van der Waals surface area contributed by atoms with Gasteiger partial charge in [-0.2, -0.15) is 0 Å². The fourth-order valence-electron chi connectivity index (χ4n) is 1.17. The van der Waals surface area contributed by atoms with E-state index in [4.69, 9.17) is 5.11 Å². The summed E-state index contributed by atoms with van der Waals surface area (Å²) in [6.45, 7) is 0. The Morgan fingerprint density at radius 2 is 1.94 bits per heavy atom. The minimum absolute atomic E-state index is 0.00410. The maximum atomic E-state index is 10.8. The number of carbonyl (C=O) groups excluding carboxylic acids is 1. The zero-order valence-corrected chi connectivity index (χ0v) is 9.40. The molecule has 0 aliphatic rings. The summed E-state index contributed by atoms with van der Waals surface area (Å²) in [5.74, 6) is 4.22. The molecule has 0 atom stereocenters. The molecular weight excluding hydrogens is 220 g/mol. The highest BCUT2D eigenvalue weighted by Gasteiger charge is 1.99. The first-order valence-corrected chi connectivity index (χ1v) is 4.98. The summed E-state index contributed by atoms with van der Waals surface area (Å²) < 4.78 is 4.44. The van der Waals surface area contributed by atoms with E-state index >= 15 is 0 Å². The number of esters is 1.